The Morgan fingerprint density at radius 3 is 1.49 bits per heavy atom. The van der Waals surface area contributed by atoms with Crippen LogP contribution >= 0.6 is 23.2 Å². The van der Waals surface area contributed by atoms with Gasteiger partial charge in [-0.15, -0.1) is 0 Å². The van der Waals surface area contributed by atoms with Gasteiger partial charge in [0.15, 0.2) is 40.7 Å². The standard InChI is InChI=1S/C53H64Cl2F2N14O/c1-7-13-35(64-52-43(56)29-62-50(66-52)41-27-60-48-39(41)23-33(54)25-58-48)17-19-37-15-9-11-21-70(37)45(31-68(3)4)47(72)46(32-69(5)6)71-22-12-10-16-38(71)20-18-36(14-8-2)65-53-44(57)30-63-51(67-53)42-28-61-49-40(42)24-34(55)26-59-49/h9-12,15-16,21-30,35-38,45-46H,7-8,13-14,17-20,31-32H2,1-6H3,(H,58,60)(H,59,61)(H,62,64,66)(H,63,65,67)/t35?,36?,37?,38?,45-,46-/m0/s1. The van der Waals surface area contributed by atoms with Gasteiger partial charge < -0.3 is 40.2 Å². The second kappa shape index (κ2) is 24.0. The van der Waals surface area contributed by atoms with Crippen molar-refractivity contribution >= 4 is 62.7 Å². The number of nitrogens with one attached hydrogen (secondary N) is 4. The van der Waals surface area contributed by atoms with E-state index in [0.29, 0.717) is 82.9 Å². The first-order valence-electron chi connectivity index (χ1n) is 24.7. The molecule has 0 spiro atoms. The molecule has 380 valence electrons. The summed E-state index contributed by atoms with van der Waals surface area (Å²) in [6.45, 7) is 5.21. The Bertz CT molecular complexity index is 2740. The average Bonchev–Trinajstić information content (AvgIpc) is 3.99. The third-order valence-corrected chi connectivity index (χ3v) is 13.6. The molecule has 4 N–H and O–H groups in total. The van der Waals surface area contributed by atoms with E-state index in [1.165, 1.54) is 12.4 Å². The Labute approximate surface area is 429 Å². The first-order valence-corrected chi connectivity index (χ1v) is 25.5. The van der Waals surface area contributed by atoms with Gasteiger partial charge >= 0.3 is 0 Å². The highest BCUT2D eigenvalue weighted by molar-refractivity contribution is 6.31. The van der Waals surface area contributed by atoms with Gasteiger partial charge in [-0.3, -0.25) is 4.79 Å². The van der Waals surface area contributed by atoms with Gasteiger partial charge in [0.05, 0.1) is 22.4 Å². The molecule has 0 saturated carbocycles. The maximum Gasteiger partial charge on any atom is 0.183 e. The number of H-pyrrole nitrogens is 2. The number of hydrogen-bond donors (Lipinski definition) is 4. The summed E-state index contributed by atoms with van der Waals surface area (Å²) in [5, 5.41) is 9.28. The Balaban J connectivity index is 0.978. The van der Waals surface area contributed by atoms with Crippen LogP contribution in [0.3, 0.4) is 0 Å². The van der Waals surface area contributed by atoms with Crippen molar-refractivity contribution in [1.29, 1.82) is 0 Å². The Hall–Kier alpha value is -6.27. The number of carbonyl (C=O) groups is 1. The number of ketones is 1. The molecule has 19 heteroatoms. The molecule has 6 aromatic rings. The molecule has 2 aliphatic rings. The topological polar surface area (TPSA) is 163 Å². The molecule has 6 atom stereocenters. The number of nitrogens with zero attached hydrogens (tertiary/aromatic N) is 10. The van der Waals surface area contributed by atoms with E-state index in [9.17, 15) is 0 Å². The molecular formula is C53H64Cl2F2N14O. The lowest BCUT2D eigenvalue weighted by Gasteiger charge is -2.44. The number of pyridine rings is 2. The summed E-state index contributed by atoms with van der Waals surface area (Å²) in [6.07, 6.45) is 31.5. The Kier molecular flexibility index (Phi) is 17.3. The van der Waals surface area contributed by atoms with Crippen molar-refractivity contribution in [2.75, 3.05) is 51.9 Å². The number of allylic oxidation sites excluding steroid dienone is 4. The van der Waals surface area contributed by atoms with Crippen molar-refractivity contribution in [2.24, 2.45) is 0 Å². The van der Waals surface area contributed by atoms with Crippen molar-refractivity contribution in [3.8, 4) is 22.8 Å². The predicted octanol–water partition coefficient (Wildman–Crippen LogP) is 10.3. The number of hydrogen-bond acceptors (Lipinski definition) is 13. The summed E-state index contributed by atoms with van der Waals surface area (Å²) < 4.78 is 31.0. The second-order valence-corrected chi connectivity index (χ2v) is 20.0. The zero-order valence-corrected chi connectivity index (χ0v) is 43.2. The van der Waals surface area contributed by atoms with E-state index in [1.807, 2.05) is 64.9 Å². The van der Waals surface area contributed by atoms with Crippen molar-refractivity contribution in [3.05, 3.63) is 120 Å². The molecule has 0 aliphatic carbocycles. The van der Waals surface area contributed by atoms with Crippen LogP contribution in [0.4, 0.5) is 20.4 Å². The molecule has 0 aromatic carbocycles. The molecule has 0 fully saturated rings. The third kappa shape index (κ3) is 12.5. The molecule has 2 aliphatic heterocycles. The molecular weight excluding hydrogens is 958 g/mol. The van der Waals surface area contributed by atoms with E-state index >= 15 is 13.6 Å². The highest BCUT2D eigenvalue weighted by Crippen LogP contribution is 2.32. The van der Waals surface area contributed by atoms with Crippen LogP contribution < -0.4 is 10.6 Å². The number of halogens is 4. The van der Waals surface area contributed by atoms with E-state index in [4.69, 9.17) is 23.2 Å². The molecule has 0 radical (unpaired) electrons. The molecule has 0 saturated heterocycles. The zero-order chi connectivity index (χ0) is 50.9. The average molecular weight is 1020 g/mol. The first-order chi connectivity index (χ1) is 34.8. The molecule has 15 nitrogen and oxygen atoms in total. The highest BCUT2D eigenvalue weighted by Gasteiger charge is 2.38. The minimum absolute atomic E-state index is 0.104. The summed E-state index contributed by atoms with van der Waals surface area (Å²) in [4.78, 5) is 57.0. The minimum Gasteiger partial charge on any atom is -0.365 e. The van der Waals surface area contributed by atoms with Gasteiger partial charge in [0.2, 0.25) is 0 Å². The van der Waals surface area contributed by atoms with Crippen molar-refractivity contribution in [1.82, 2.24) is 59.5 Å². The largest absolute Gasteiger partial charge is 0.365 e. The lowest BCUT2D eigenvalue weighted by Crippen LogP contribution is -2.58. The number of anilines is 2. The van der Waals surface area contributed by atoms with Crippen molar-refractivity contribution < 1.29 is 13.6 Å². The van der Waals surface area contributed by atoms with Gasteiger partial charge in [0.1, 0.15) is 23.4 Å². The van der Waals surface area contributed by atoms with Crippen LogP contribution in [0.2, 0.25) is 10.0 Å². The van der Waals surface area contributed by atoms with Crippen LogP contribution in [0.15, 0.2) is 98.2 Å². The number of carbonyl (C=O) groups excluding carboxylic acids is 1. The molecule has 8 rings (SSSR count). The quantitative estimate of drug-likeness (QED) is 0.0454. The SMILES string of the molecule is CCCC(CCC1C=CC=CN1[C@@H](CN(C)C)C(=O)[C@H](CN(C)C)N1C=CC=CC1CCC(CCC)Nc1nc(-c2c[nH]c3ncc(Cl)cc23)ncc1F)Nc1nc(-c2c[nH]c3ncc(Cl)cc23)ncc1F. The number of aromatic nitrogens is 8. The van der Waals surface area contributed by atoms with Gasteiger partial charge in [-0.25, -0.2) is 38.7 Å². The maximum absolute atomic E-state index is 15.5. The van der Waals surface area contributed by atoms with Gasteiger partial charge in [0.25, 0.3) is 0 Å². The summed E-state index contributed by atoms with van der Waals surface area (Å²) >= 11 is 12.5. The number of likely N-dealkylation sites (N-methyl/N-ethyl adjacent to an activating group) is 2. The highest BCUT2D eigenvalue weighted by atomic mass is 35.5. The zero-order valence-electron chi connectivity index (χ0n) is 41.7. The summed E-state index contributed by atoms with van der Waals surface area (Å²) in [5.74, 6) is -0.0230. The fraction of sp³-hybridized carbons (Fsp3) is 0.415. The fourth-order valence-electron chi connectivity index (χ4n) is 9.77. The first kappa shape index (κ1) is 52.1. The van der Waals surface area contributed by atoms with Crippen molar-refractivity contribution in [3.63, 3.8) is 0 Å². The maximum atomic E-state index is 15.5. The number of fused-ring (bicyclic) bond motifs is 2. The summed E-state index contributed by atoms with van der Waals surface area (Å²) in [6, 6.07) is 2.14. The summed E-state index contributed by atoms with van der Waals surface area (Å²) in [7, 11) is 7.99. The van der Waals surface area contributed by atoms with E-state index in [1.54, 1.807) is 36.9 Å². The van der Waals surface area contributed by atoms with Crippen LogP contribution in [0, 0.1) is 11.6 Å². The van der Waals surface area contributed by atoms with Crippen LogP contribution in [0.25, 0.3) is 44.8 Å². The van der Waals surface area contributed by atoms with Gasteiger partial charge in [-0.2, -0.15) is 0 Å². The lowest BCUT2D eigenvalue weighted by molar-refractivity contribution is -0.130. The van der Waals surface area contributed by atoms with E-state index in [-0.39, 0.29) is 41.6 Å². The fourth-order valence-corrected chi connectivity index (χ4v) is 10.1. The molecule has 8 heterocycles. The summed E-state index contributed by atoms with van der Waals surface area (Å²) in [5.41, 5.74) is 2.61. The minimum atomic E-state index is -0.543. The van der Waals surface area contributed by atoms with Gasteiger partial charge in [-0.05, 0) is 91.0 Å². The normalized spacial score (nSPS) is 17.4. The van der Waals surface area contributed by atoms with E-state index < -0.39 is 23.7 Å². The monoisotopic (exact) mass is 1020 g/mol. The molecule has 6 aromatic heterocycles. The molecule has 4 unspecified atom stereocenters. The number of rotatable bonds is 24. The van der Waals surface area contributed by atoms with Crippen LogP contribution in [0.1, 0.15) is 65.2 Å². The molecule has 0 amide bonds. The Morgan fingerprint density at radius 1 is 0.653 bits per heavy atom. The lowest BCUT2D eigenvalue weighted by atomic mass is 9.93. The second-order valence-electron chi connectivity index (χ2n) is 19.1. The number of aromatic amines is 2. The third-order valence-electron chi connectivity index (χ3n) is 13.2. The smallest absolute Gasteiger partial charge is 0.183 e. The molecule has 72 heavy (non-hydrogen) atoms. The molecule has 0 bridgehead atoms. The van der Waals surface area contributed by atoms with Gasteiger partial charge in [-0.1, -0.05) is 74.2 Å². The number of Topliss-reactive ketones (excluding diaryl/α,β-unsaturated/α-hetero) is 1. The van der Waals surface area contributed by atoms with Crippen LogP contribution in [0.5, 0.6) is 0 Å². The van der Waals surface area contributed by atoms with E-state index in [2.05, 4.69) is 96.1 Å². The predicted molar refractivity (Wildman–Crippen MR) is 285 cm³/mol. The van der Waals surface area contributed by atoms with Crippen molar-refractivity contribution in [2.45, 2.75) is 101 Å². The Morgan fingerprint density at radius 2 is 1.08 bits per heavy atom. The van der Waals surface area contributed by atoms with Gasteiger partial charge in [0, 0.05) is 96.3 Å². The van der Waals surface area contributed by atoms with E-state index in [0.717, 1.165) is 36.5 Å². The van der Waals surface area contributed by atoms with Crippen LogP contribution in [-0.2, 0) is 4.79 Å². The van der Waals surface area contributed by atoms with Crippen LogP contribution in [-0.4, -0.2) is 143 Å².